The van der Waals surface area contributed by atoms with Crippen LogP contribution in [0.15, 0.2) is 60.7 Å². The summed E-state index contributed by atoms with van der Waals surface area (Å²) in [6.07, 6.45) is 2.66. The summed E-state index contributed by atoms with van der Waals surface area (Å²) in [5.74, 6) is 0. The van der Waals surface area contributed by atoms with Crippen LogP contribution in [-0.2, 0) is 10.9 Å². The molecule has 0 amide bonds. The summed E-state index contributed by atoms with van der Waals surface area (Å²) in [7, 11) is -1.40. The summed E-state index contributed by atoms with van der Waals surface area (Å²) in [6, 6.07) is 21.9. The van der Waals surface area contributed by atoms with Crippen LogP contribution in [0.3, 0.4) is 0 Å². The Morgan fingerprint density at radius 3 is 2.05 bits per heavy atom. The number of rotatable bonds is 3. The van der Waals surface area contributed by atoms with Gasteiger partial charge in [0.15, 0.2) is 5.34 Å². The van der Waals surface area contributed by atoms with Crippen LogP contribution in [0.4, 0.5) is 0 Å². The zero-order valence-corrected chi connectivity index (χ0v) is 16.0. The predicted octanol–water partition coefficient (Wildman–Crippen LogP) is 1.69. The maximum absolute atomic E-state index is 6.34. The van der Waals surface area contributed by atoms with Gasteiger partial charge in [-0.3, -0.25) is 0 Å². The van der Waals surface area contributed by atoms with E-state index in [2.05, 4.69) is 81.4 Å². The minimum atomic E-state index is -1.40. The van der Waals surface area contributed by atoms with Crippen LogP contribution in [-0.4, -0.2) is 17.6 Å². The normalized spacial score (nSPS) is 26.4. The third-order valence-corrected chi connectivity index (χ3v) is 10.1. The molecule has 1 aliphatic rings. The first-order chi connectivity index (χ1) is 10.0. The highest BCUT2D eigenvalue weighted by Crippen LogP contribution is 2.74. The summed E-state index contributed by atoms with van der Waals surface area (Å²) in [5, 5.41) is 1.45. The average Bonchev–Trinajstić information content (AvgIpc) is 2.70. The number of hydrogen-bond acceptors (Lipinski definition) is 1. The first-order valence-corrected chi connectivity index (χ1v) is 9.84. The van der Waals surface area contributed by atoms with E-state index < -0.39 is 7.26 Å². The van der Waals surface area contributed by atoms with Gasteiger partial charge < -0.3 is 21.7 Å². The average molecular weight is 379 g/mol. The van der Waals surface area contributed by atoms with Crippen LogP contribution < -0.4 is 22.3 Å². The molecule has 1 fully saturated rings. The van der Waals surface area contributed by atoms with E-state index in [4.69, 9.17) is 4.74 Å². The van der Waals surface area contributed by atoms with Gasteiger partial charge in [-0.15, -0.1) is 0 Å². The molecule has 1 unspecified atom stereocenters. The molecule has 3 heteroatoms. The second-order valence-corrected chi connectivity index (χ2v) is 10.7. The molecule has 2 atom stereocenters. The van der Waals surface area contributed by atoms with Gasteiger partial charge in [-0.05, 0) is 24.6 Å². The zero-order chi connectivity index (χ0) is 14.9. The van der Waals surface area contributed by atoms with Crippen molar-refractivity contribution in [1.29, 1.82) is 0 Å². The van der Waals surface area contributed by atoms with E-state index in [1.54, 1.807) is 0 Å². The molecule has 1 heterocycles. The SMILES string of the molecule is C[C@@H]1C[P+](Cc2ccccc2)(c2ccccc2)C(C)(C)O1.[Br-]. The Kier molecular flexibility index (Phi) is 5.48. The Bertz CT molecular complexity index is 599. The highest BCUT2D eigenvalue weighted by molar-refractivity contribution is 7.83. The van der Waals surface area contributed by atoms with E-state index in [-0.39, 0.29) is 22.3 Å². The number of benzene rings is 2. The molecular weight excluding hydrogens is 355 g/mol. The maximum Gasteiger partial charge on any atom is 0.176 e. The molecule has 0 bridgehead atoms. The second-order valence-electron chi connectivity index (χ2n) is 6.50. The molecule has 3 rings (SSSR count). The standard InChI is InChI=1S/C19H24OP.BrH/c1-16-14-21(19(2,3)20-16,18-12-8-5-9-13-18)15-17-10-6-4-7-11-17;/h4-13,16H,14-15H2,1-3H3;1H/q+1;/p-1/t16-,21?;/m1./s1. The van der Waals surface area contributed by atoms with Crippen molar-refractivity contribution in [3.05, 3.63) is 66.2 Å². The number of hydrogen-bond donors (Lipinski definition) is 0. The molecule has 2 aromatic rings. The van der Waals surface area contributed by atoms with E-state index in [1.165, 1.54) is 17.0 Å². The Hall–Kier alpha value is -0.690. The Labute approximate surface area is 145 Å². The lowest BCUT2D eigenvalue weighted by atomic mass is 10.2. The molecule has 2 aromatic carbocycles. The highest BCUT2D eigenvalue weighted by Gasteiger charge is 2.61. The third-order valence-electron chi connectivity index (χ3n) is 4.63. The summed E-state index contributed by atoms with van der Waals surface area (Å²) >= 11 is 0. The van der Waals surface area contributed by atoms with Gasteiger partial charge in [-0.25, -0.2) is 0 Å². The molecule has 1 saturated heterocycles. The molecule has 118 valence electrons. The van der Waals surface area contributed by atoms with Crippen LogP contribution >= 0.6 is 7.26 Å². The van der Waals surface area contributed by atoms with Gasteiger partial charge in [0, 0.05) is 13.8 Å². The second kappa shape index (κ2) is 6.83. The van der Waals surface area contributed by atoms with Crippen molar-refractivity contribution in [1.82, 2.24) is 0 Å². The first-order valence-electron chi connectivity index (χ1n) is 7.68. The highest BCUT2D eigenvalue weighted by atomic mass is 79.9. The van der Waals surface area contributed by atoms with Crippen molar-refractivity contribution in [2.24, 2.45) is 0 Å². The van der Waals surface area contributed by atoms with Crippen molar-refractivity contribution >= 4 is 12.6 Å². The Balaban J connectivity index is 0.00000176. The molecular formula is C19H24BrOP. The minimum absolute atomic E-state index is 0. The van der Waals surface area contributed by atoms with Crippen LogP contribution in [0.25, 0.3) is 0 Å². The van der Waals surface area contributed by atoms with Crippen LogP contribution in [0.1, 0.15) is 26.3 Å². The van der Waals surface area contributed by atoms with Crippen molar-refractivity contribution < 1.29 is 21.7 Å². The Morgan fingerprint density at radius 1 is 1.00 bits per heavy atom. The quantitative estimate of drug-likeness (QED) is 0.738. The van der Waals surface area contributed by atoms with E-state index in [0.717, 1.165) is 6.16 Å². The summed E-state index contributed by atoms with van der Waals surface area (Å²) in [5.41, 5.74) is 1.43. The fourth-order valence-corrected chi connectivity index (χ4v) is 8.54. The van der Waals surface area contributed by atoms with E-state index in [0.29, 0.717) is 6.10 Å². The van der Waals surface area contributed by atoms with Crippen LogP contribution in [0.5, 0.6) is 0 Å². The van der Waals surface area contributed by atoms with Crippen molar-refractivity contribution in [2.75, 3.05) is 6.16 Å². The van der Waals surface area contributed by atoms with Crippen molar-refractivity contribution in [3.63, 3.8) is 0 Å². The van der Waals surface area contributed by atoms with Crippen molar-refractivity contribution in [3.8, 4) is 0 Å². The largest absolute Gasteiger partial charge is 1.00 e. The molecule has 1 nitrogen and oxygen atoms in total. The summed E-state index contributed by atoms with van der Waals surface area (Å²) in [4.78, 5) is 0. The van der Waals surface area contributed by atoms with Crippen LogP contribution in [0, 0.1) is 0 Å². The van der Waals surface area contributed by atoms with Gasteiger partial charge in [-0.2, -0.15) is 0 Å². The lowest BCUT2D eigenvalue weighted by molar-refractivity contribution is -0.0000193. The van der Waals surface area contributed by atoms with Gasteiger partial charge >= 0.3 is 0 Å². The maximum atomic E-state index is 6.34. The molecule has 1 aliphatic heterocycles. The lowest BCUT2D eigenvalue weighted by Crippen LogP contribution is -3.00. The summed E-state index contributed by atoms with van der Waals surface area (Å²) < 4.78 is 6.34. The molecule has 22 heavy (non-hydrogen) atoms. The van der Waals surface area contributed by atoms with E-state index >= 15 is 0 Å². The van der Waals surface area contributed by atoms with Gasteiger partial charge in [0.25, 0.3) is 0 Å². The lowest BCUT2D eigenvalue weighted by Gasteiger charge is -2.33. The van der Waals surface area contributed by atoms with Gasteiger partial charge in [0.2, 0.25) is 0 Å². The Morgan fingerprint density at radius 2 is 1.55 bits per heavy atom. The fraction of sp³-hybridized carbons (Fsp3) is 0.368. The topological polar surface area (TPSA) is 9.23 Å². The monoisotopic (exact) mass is 378 g/mol. The van der Waals surface area contributed by atoms with E-state index in [1.807, 2.05) is 0 Å². The molecule has 0 aromatic heterocycles. The summed E-state index contributed by atoms with van der Waals surface area (Å²) in [6.45, 7) is 6.80. The van der Waals surface area contributed by atoms with Crippen LogP contribution in [0.2, 0.25) is 0 Å². The molecule has 0 aliphatic carbocycles. The first kappa shape index (κ1) is 17.7. The minimum Gasteiger partial charge on any atom is -1.00 e. The van der Waals surface area contributed by atoms with Gasteiger partial charge in [-0.1, -0.05) is 48.5 Å². The number of halogens is 1. The third kappa shape index (κ3) is 3.15. The molecule has 0 radical (unpaired) electrons. The van der Waals surface area contributed by atoms with Gasteiger partial charge in [0.05, 0.1) is 31.0 Å². The smallest absolute Gasteiger partial charge is 0.176 e. The van der Waals surface area contributed by atoms with E-state index in [9.17, 15) is 0 Å². The van der Waals surface area contributed by atoms with Crippen molar-refractivity contribution in [2.45, 2.75) is 38.4 Å². The zero-order valence-electron chi connectivity index (χ0n) is 13.5. The predicted molar refractivity (Wildman–Crippen MR) is 92.6 cm³/mol. The fourth-order valence-electron chi connectivity index (χ4n) is 3.66. The molecule has 0 saturated carbocycles. The molecule has 0 spiro atoms. The van der Waals surface area contributed by atoms with Gasteiger partial charge in [0.1, 0.15) is 0 Å². The number of ether oxygens (including phenoxy) is 1. The molecule has 0 N–H and O–H groups in total.